The summed E-state index contributed by atoms with van der Waals surface area (Å²) in [5, 5.41) is 9.03. The third-order valence-electron chi connectivity index (χ3n) is 4.36. The third-order valence-corrected chi connectivity index (χ3v) is 4.68. The van der Waals surface area contributed by atoms with Gasteiger partial charge in [-0.2, -0.15) is 5.26 Å². The Bertz CT molecular complexity index is 704. The predicted molar refractivity (Wildman–Crippen MR) is 78.3 cm³/mol. The fourth-order valence-corrected chi connectivity index (χ4v) is 3.41. The van der Waals surface area contributed by atoms with Crippen molar-refractivity contribution in [3.05, 3.63) is 28.5 Å². The van der Waals surface area contributed by atoms with E-state index >= 15 is 0 Å². The van der Waals surface area contributed by atoms with Crippen LogP contribution in [0, 0.1) is 27.9 Å². The Balaban J connectivity index is 2.04. The average molecular weight is 271 g/mol. The molecule has 0 radical (unpaired) electrons. The van der Waals surface area contributed by atoms with Gasteiger partial charge in [0.1, 0.15) is 0 Å². The van der Waals surface area contributed by atoms with Crippen LogP contribution in [-0.4, -0.2) is 9.55 Å². The Morgan fingerprint density at radius 2 is 2.32 bits per heavy atom. The molecule has 0 amide bonds. The fourth-order valence-electron chi connectivity index (χ4n) is 3.13. The van der Waals surface area contributed by atoms with Gasteiger partial charge in [0.2, 0.25) is 0 Å². The Kier molecular flexibility index (Phi) is 3.16. The molecule has 1 N–H and O–H groups in total. The van der Waals surface area contributed by atoms with E-state index < -0.39 is 0 Å². The summed E-state index contributed by atoms with van der Waals surface area (Å²) in [5.41, 5.74) is 2.77. The van der Waals surface area contributed by atoms with Gasteiger partial charge in [0.05, 0.1) is 22.7 Å². The zero-order valence-corrected chi connectivity index (χ0v) is 11.8. The lowest BCUT2D eigenvalue weighted by Gasteiger charge is -2.16. The van der Waals surface area contributed by atoms with Gasteiger partial charge in [-0.15, -0.1) is 0 Å². The van der Waals surface area contributed by atoms with Crippen molar-refractivity contribution in [3.63, 3.8) is 0 Å². The molecule has 1 aliphatic rings. The summed E-state index contributed by atoms with van der Waals surface area (Å²) in [6.45, 7) is 3.30. The summed E-state index contributed by atoms with van der Waals surface area (Å²) in [7, 11) is 0. The fraction of sp³-hybridized carbons (Fsp3) is 0.467. The number of hydrogen-bond acceptors (Lipinski definition) is 2. The number of hydrogen-bond donors (Lipinski definition) is 1. The summed E-state index contributed by atoms with van der Waals surface area (Å²) >= 11 is 5.43. The normalized spacial score (nSPS) is 22.7. The van der Waals surface area contributed by atoms with Crippen molar-refractivity contribution in [2.24, 2.45) is 11.8 Å². The monoisotopic (exact) mass is 271 g/mol. The smallest absolute Gasteiger partial charge is 0.178 e. The number of benzene rings is 1. The zero-order valence-electron chi connectivity index (χ0n) is 11.0. The Labute approximate surface area is 117 Å². The molecule has 1 aliphatic carbocycles. The SMILES string of the molecule is CC1CCCC1Cn1c(=S)[nH]c2ccc(C#N)cc21. The van der Waals surface area contributed by atoms with Crippen LogP contribution < -0.4 is 0 Å². The molecule has 0 bridgehead atoms. The van der Waals surface area contributed by atoms with Crippen LogP contribution in [0.2, 0.25) is 0 Å². The van der Waals surface area contributed by atoms with Gasteiger partial charge in [-0.05, 0) is 48.7 Å². The van der Waals surface area contributed by atoms with E-state index in [1.165, 1.54) is 19.3 Å². The molecule has 0 saturated heterocycles. The lowest BCUT2D eigenvalue weighted by Crippen LogP contribution is -2.13. The summed E-state index contributed by atoms with van der Waals surface area (Å²) in [4.78, 5) is 3.24. The molecular weight excluding hydrogens is 254 g/mol. The van der Waals surface area contributed by atoms with Gasteiger partial charge >= 0.3 is 0 Å². The standard InChI is InChI=1S/C15H17N3S/c1-10-3-2-4-12(10)9-18-14-7-11(8-16)5-6-13(14)17-15(18)19/h5-7,10,12H,2-4,9H2,1H3,(H,17,19). The molecule has 1 fully saturated rings. The highest BCUT2D eigenvalue weighted by atomic mass is 32.1. The second-order valence-electron chi connectivity index (χ2n) is 5.55. The minimum Gasteiger partial charge on any atom is -0.331 e. The molecule has 1 saturated carbocycles. The van der Waals surface area contributed by atoms with Gasteiger partial charge in [0.15, 0.2) is 4.77 Å². The number of rotatable bonds is 2. The summed E-state index contributed by atoms with van der Waals surface area (Å²) in [6, 6.07) is 7.90. The summed E-state index contributed by atoms with van der Waals surface area (Å²) < 4.78 is 2.93. The van der Waals surface area contributed by atoms with E-state index in [2.05, 4.69) is 22.5 Å². The van der Waals surface area contributed by atoms with Crippen molar-refractivity contribution in [1.82, 2.24) is 9.55 Å². The van der Waals surface area contributed by atoms with Crippen molar-refractivity contribution in [2.75, 3.05) is 0 Å². The molecule has 1 aromatic carbocycles. The molecule has 4 heteroatoms. The van der Waals surface area contributed by atoms with Crippen LogP contribution in [0.1, 0.15) is 31.7 Å². The number of imidazole rings is 1. The van der Waals surface area contributed by atoms with E-state index in [9.17, 15) is 0 Å². The molecule has 2 aromatic rings. The van der Waals surface area contributed by atoms with Crippen molar-refractivity contribution in [1.29, 1.82) is 5.26 Å². The van der Waals surface area contributed by atoms with Gasteiger partial charge in [0, 0.05) is 6.54 Å². The Hall–Kier alpha value is -1.60. The van der Waals surface area contributed by atoms with Crippen molar-refractivity contribution < 1.29 is 0 Å². The molecule has 0 aliphatic heterocycles. The van der Waals surface area contributed by atoms with E-state index in [0.717, 1.165) is 28.3 Å². The van der Waals surface area contributed by atoms with Crippen molar-refractivity contribution in [3.8, 4) is 6.07 Å². The average Bonchev–Trinajstić information content (AvgIpc) is 2.94. The molecule has 2 unspecified atom stereocenters. The van der Waals surface area contributed by atoms with Crippen LogP contribution >= 0.6 is 12.2 Å². The molecule has 98 valence electrons. The maximum atomic E-state index is 9.03. The predicted octanol–water partition coefficient (Wildman–Crippen LogP) is 4.01. The number of fused-ring (bicyclic) bond motifs is 1. The van der Waals surface area contributed by atoms with Gasteiger partial charge < -0.3 is 9.55 Å². The van der Waals surface area contributed by atoms with E-state index in [4.69, 9.17) is 17.5 Å². The van der Waals surface area contributed by atoms with E-state index in [1.807, 2.05) is 18.2 Å². The Morgan fingerprint density at radius 1 is 1.47 bits per heavy atom. The number of H-pyrrole nitrogens is 1. The van der Waals surface area contributed by atoms with Gasteiger partial charge in [0.25, 0.3) is 0 Å². The van der Waals surface area contributed by atoms with Crippen LogP contribution in [0.15, 0.2) is 18.2 Å². The molecule has 3 rings (SSSR count). The van der Waals surface area contributed by atoms with Crippen LogP contribution in [0.5, 0.6) is 0 Å². The highest BCUT2D eigenvalue weighted by Gasteiger charge is 2.24. The van der Waals surface area contributed by atoms with Crippen LogP contribution in [0.25, 0.3) is 11.0 Å². The largest absolute Gasteiger partial charge is 0.331 e. The first kappa shape index (κ1) is 12.4. The number of nitrogens with one attached hydrogen (secondary N) is 1. The molecule has 1 heterocycles. The number of aromatic amines is 1. The number of nitrogens with zero attached hydrogens (tertiary/aromatic N) is 2. The molecular formula is C15H17N3S. The highest BCUT2D eigenvalue weighted by molar-refractivity contribution is 7.71. The van der Waals surface area contributed by atoms with Crippen LogP contribution in [0.3, 0.4) is 0 Å². The molecule has 3 nitrogen and oxygen atoms in total. The summed E-state index contributed by atoms with van der Waals surface area (Å²) in [6.07, 6.45) is 3.93. The zero-order chi connectivity index (χ0) is 13.4. The summed E-state index contributed by atoms with van der Waals surface area (Å²) in [5.74, 6) is 1.47. The van der Waals surface area contributed by atoms with Gasteiger partial charge in [-0.3, -0.25) is 0 Å². The minimum absolute atomic E-state index is 0.690. The second kappa shape index (κ2) is 4.82. The number of aromatic nitrogens is 2. The Morgan fingerprint density at radius 3 is 3.00 bits per heavy atom. The molecule has 19 heavy (non-hydrogen) atoms. The first-order valence-corrected chi connectivity index (χ1v) is 7.22. The lowest BCUT2D eigenvalue weighted by molar-refractivity contribution is 0.366. The van der Waals surface area contributed by atoms with Crippen molar-refractivity contribution in [2.45, 2.75) is 32.7 Å². The van der Waals surface area contributed by atoms with Gasteiger partial charge in [-0.25, -0.2) is 0 Å². The van der Waals surface area contributed by atoms with E-state index in [0.29, 0.717) is 11.5 Å². The second-order valence-corrected chi connectivity index (χ2v) is 5.94. The first-order chi connectivity index (χ1) is 9.19. The number of nitriles is 1. The maximum Gasteiger partial charge on any atom is 0.178 e. The molecule has 2 atom stereocenters. The molecule has 0 spiro atoms. The van der Waals surface area contributed by atoms with Gasteiger partial charge in [-0.1, -0.05) is 19.8 Å². The van der Waals surface area contributed by atoms with E-state index in [1.54, 1.807) is 0 Å². The quantitative estimate of drug-likeness (QED) is 0.839. The maximum absolute atomic E-state index is 9.03. The minimum atomic E-state index is 0.690. The highest BCUT2D eigenvalue weighted by Crippen LogP contribution is 2.33. The first-order valence-electron chi connectivity index (χ1n) is 6.81. The molecule has 1 aromatic heterocycles. The lowest BCUT2D eigenvalue weighted by atomic mass is 9.98. The topological polar surface area (TPSA) is 44.5 Å². The van der Waals surface area contributed by atoms with Crippen LogP contribution in [0.4, 0.5) is 0 Å². The van der Waals surface area contributed by atoms with Crippen LogP contribution in [-0.2, 0) is 6.54 Å². The van der Waals surface area contributed by atoms with E-state index in [-0.39, 0.29) is 0 Å². The van der Waals surface area contributed by atoms with Crippen molar-refractivity contribution >= 4 is 23.3 Å². The third kappa shape index (κ3) is 2.19.